The van der Waals surface area contributed by atoms with Gasteiger partial charge in [-0.05, 0) is 23.3 Å². The zero-order chi connectivity index (χ0) is 15.8. The maximum absolute atomic E-state index is 14.1. The highest BCUT2D eigenvalue weighted by Crippen LogP contribution is 2.14. The molecule has 0 bridgehead atoms. The second kappa shape index (κ2) is 7.90. The maximum Gasteiger partial charge on any atom is 0.274 e. The van der Waals surface area contributed by atoms with Crippen molar-refractivity contribution in [2.75, 3.05) is 0 Å². The van der Waals surface area contributed by atoms with Crippen molar-refractivity contribution in [3.63, 3.8) is 0 Å². The molecule has 0 radical (unpaired) electrons. The topological polar surface area (TPSA) is 49.3 Å². The number of amides is 1. The van der Waals surface area contributed by atoms with E-state index >= 15 is 0 Å². The Morgan fingerprint density at radius 1 is 0.955 bits per heavy atom. The molecule has 2 aromatic rings. The molecule has 4 heteroatoms. The third-order valence-electron chi connectivity index (χ3n) is 3.10. The molecule has 0 heterocycles. The zero-order valence-corrected chi connectivity index (χ0v) is 11.9. The first-order valence-electron chi connectivity index (χ1n) is 6.81. The van der Waals surface area contributed by atoms with E-state index in [2.05, 4.69) is 0 Å². The number of nitrogens with one attached hydrogen (secondary N) is 1. The van der Waals surface area contributed by atoms with Gasteiger partial charge in [0, 0.05) is 12.0 Å². The smallest absolute Gasteiger partial charge is 0.274 e. The van der Waals surface area contributed by atoms with Gasteiger partial charge in [0.25, 0.3) is 5.91 Å². The first-order valence-corrected chi connectivity index (χ1v) is 6.81. The minimum Gasteiger partial charge on any atom is -0.288 e. The first kappa shape index (κ1) is 15.7. The fourth-order valence-electron chi connectivity index (χ4n) is 1.97. The van der Waals surface area contributed by atoms with Gasteiger partial charge in [0.05, 0.1) is 0 Å². The molecule has 0 atom stereocenters. The van der Waals surface area contributed by atoms with Gasteiger partial charge in [0.2, 0.25) is 0 Å². The Morgan fingerprint density at radius 2 is 1.55 bits per heavy atom. The van der Waals surface area contributed by atoms with E-state index in [1.807, 2.05) is 54.6 Å². The van der Waals surface area contributed by atoms with E-state index in [9.17, 15) is 9.18 Å². The van der Waals surface area contributed by atoms with Crippen LogP contribution in [-0.2, 0) is 6.42 Å². The minimum atomic E-state index is -0.733. The van der Waals surface area contributed by atoms with Gasteiger partial charge < -0.3 is 0 Å². The van der Waals surface area contributed by atoms with Gasteiger partial charge in [0.1, 0.15) is 5.82 Å². The zero-order valence-electron chi connectivity index (χ0n) is 11.9. The molecule has 1 amide bonds. The summed E-state index contributed by atoms with van der Waals surface area (Å²) >= 11 is 0. The van der Waals surface area contributed by atoms with E-state index in [-0.39, 0.29) is 5.56 Å². The molecule has 0 aliphatic heterocycles. The molecule has 22 heavy (non-hydrogen) atoms. The SMILES string of the molecule is O=C(NO)c1ccc(Cc2ccccccccc2)c(F)c1. The molecular formula is C18H16FNO2. The summed E-state index contributed by atoms with van der Waals surface area (Å²) in [6, 6.07) is 21.3. The van der Waals surface area contributed by atoms with Gasteiger partial charge in [-0.1, -0.05) is 60.7 Å². The van der Waals surface area contributed by atoms with Crippen LogP contribution in [0.15, 0.2) is 72.8 Å². The van der Waals surface area contributed by atoms with Crippen molar-refractivity contribution in [3.05, 3.63) is 95.3 Å². The molecule has 0 spiro atoms. The normalized spacial score (nSPS) is 9.73. The third kappa shape index (κ3) is 4.40. The molecular weight excluding hydrogens is 281 g/mol. The Balaban J connectivity index is 2.29. The summed E-state index contributed by atoms with van der Waals surface area (Å²) in [5, 5.41) is 8.56. The minimum absolute atomic E-state index is 0.0761. The summed E-state index contributed by atoms with van der Waals surface area (Å²) in [6.07, 6.45) is 0.408. The van der Waals surface area contributed by atoms with E-state index in [1.165, 1.54) is 11.5 Å². The molecule has 0 fully saturated rings. The largest absolute Gasteiger partial charge is 0.288 e. The van der Waals surface area contributed by atoms with Crippen LogP contribution >= 0.6 is 0 Å². The van der Waals surface area contributed by atoms with Crippen LogP contribution in [0.4, 0.5) is 4.39 Å². The van der Waals surface area contributed by atoms with Crippen LogP contribution in [-0.4, -0.2) is 11.1 Å². The number of benzene rings is 1. The summed E-state index contributed by atoms with van der Waals surface area (Å²) in [7, 11) is 0. The van der Waals surface area contributed by atoms with Gasteiger partial charge in [0.15, 0.2) is 0 Å². The summed E-state index contributed by atoms with van der Waals surface area (Å²) in [5.41, 5.74) is 2.98. The molecule has 2 rings (SSSR count). The molecule has 2 N–H and O–H groups in total. The van der Waals surface area contributed by atoms with Gasteiger partial charge in [-0.25, -0.2) is 9.87 Å². The molecule has 0 aliphatic carbocycles. The van der Waals surface area contributed by atoms with Gasteiger partial charge in [-0.3, -0.25) is 10.0 Å². The Labute approximate surface area is 128 Å². The monoisotopic (exact) mass is 297 g/mol. The van der Waals surface area contributed by atoms with Crippen LogP contribution in [0.3, 0.4) is 0 Å². The average Bonchev–Trinajstić information content (AvgIpc) is 2.54. The van der Waals surface area contributed by atoms with Crippen LogP contribution in [0.2, 0.25) is 0 Å². The van der Waals surface area contributed by atoms with Crippen LogP contribution in [0.25, 0.3) is 0 Å². The van der Waals surface area contributed by atoms with Crippen molar-refractivity contribution < 1.29 is 14.4 Å². The number of hydroxylamine groups is 1. The number of hydrogen-bond donors (Lipinski definition) is 2. The first-order chi connectivity index (χ1) is 10.7. The molecule has 2 aromatic carbocycles. The molecule has 0 aliphatic rings. The Morgan fingerprint density at radius 3 is 2.09 bits per heavy atom. The highest BCUT2D eigenvalue weighted by atomic mass is 19.1. The number of hydrogen-bond acceptors (Lipinski definition) is 2. The van der Waals surface area contributed by atoms with Crippen LogP contribution in [0, 0.1) is 5.82 Å². The van der Waals surface area contributed by atoms with Crippen molar-refractivity contribution in [2.45, 2.75) is 6.42 Å². The summed E-state index contributed by atoms with van der Waals surface area (Å²) in [6.45, 7) is 0. The fourth-order valence-corrected chi connectivity index (χ4v) is 1.97. The van der Waals surface area contributed by atoms with Crippen molar-refractivity contribution in [1.82, 2.24) is 5.48 Å². The van der Waals surface area contributed by atoms with Crippen molar-refractivity contribution in [2.24, 2.45) is 0 Å². The Kier molecular flexibility index (Phi) is 5.63. The predicted octanol–water partition coefficient (Wildman–Crippen LogP) is 3.66. The van der Waals surface area contributed by atoms with E-state index in [4.69, 9.17) is 5.21 Å². The molecule has 112 valence electrons. The molecule has 3 nitrogen and oxygen atoms in total. The second-order valence-corrected chi connectivity index (χ2v) is 4.68. The number of carbonyl (C=O) groups excluding carboxylic acids is 1. The quantitative estimate of drug-likeness (QED) is 0.671. The van der Waals surface area contributed by atoms with Gasteiger partial charge in [-0.15, -0.1) is 0 Å². The van der Waals surface area contributed by atoms with E-state index < -0.39 is 11.7 Å². The number of carbonyl (C=O) groups is 1. The summed E-state index contributed by atoms with van der Waals surface area (Å²) < 4.78 is 14.1. The number of halogens is 1. The second-order valence-electron chi connectivity index (χ2n) is 4.68. The maximum atomic E-state index is 14.1. The fraction of sp³-hybridized carbons (Fsp3) is 0.0556. The lowest BCUT2D eigenvalue weighted by Crippen LogP contribution is -2.18. The van der Waals surface area contributed by atoms with E-state index in [1.54, 1.807) is 6.07 Å². The van der Waals surface area contributed by atoms with Crippen LogP contribution in [0.1, 0.15) is 21.5 Å². The lowest BCUT2D eigenvalue weighted by Gasteiger charge is -2.05. The highest BCUT2D eigenvalue weighted by Gasteiger charge is 2.09. The molecule has 0 aromatic heterocycles. The Hall–Kier alpha value is -2.72. The van der Waals surface area contributed by atoms with Gasteiger partial charge in [-0.2, -0.15) is 0 Å². The van der Waals surface area contributed by atoms with Crippen LogP contribution < -0.4 is 5.48 Å². The molecule has 0 saturated carbocycles. The molecule has 0 unspecified atom stereocenters. The average molecular weight is 297 g/mol. The third-order valence-corrected chi connectivity index (χ3v) is 3.10. The van der Waals surface area contributed by atoms with E-state index in [0.717, 1.165) is 11.6 Å². The lowest BCUT2D eigenvalue weighted by atomic mass is 10.0. The van der Waals surface area contributed by atoms with Crippen molar-refractivity contribution >= 4 is 5.91 Å². The van der Waals surface area contributed by atoms with Gasteiger partial charge >= 0.3 is 0 Å². The number of rotatable bonds is 3. The highest BCUT2D eigenvalue weighted by molar-refractivity contribution is 5.93. The standard InChI is InChI=1S/C18H16FNO2/c19-17-13-16(18(21)20-22)11-10-15(17)12-14-8-6-4-2-1-3-5-7-9-14/h1-11,13,22H,12H2,(H,20,21). The Bertz CT molecular complexity index is 690. The summed E-state index contributed by atoms with van der Waals surface area (Å²) in [5.74, 6) is -1.21. The lowest BCUT2D eigenvalue weighted by molar-refractivity contribution is 0.0706. The van der Waals surface area contributed by atoms with Crippen molar-refractivity contribution in [1.29, 1.82) is 0 Å². The van der Waals surface area contributed by atoms with Crippen LogP contribution in [0.5, 0.6) is 0 Å². The summed E-state index contributed by atoms with van der Waals surface area (Å²) in [4.78, 5) is 11.2. The predicted molar refractivity (Wildman–Crippen MR) is 82.5 cm³/mol. The van der Waals surface area contributed by atoms with Crippen molar-refractivity contribution in [3.8, 4) is 0 Å². The molecule has 0 saturated heterocycles. The van der Waals surface area contributed by atoms with E-state index in [0.29, 0.717) is 12.0 Å².